The van der Waals surface area contributed by atoms with Crippen molar-refractivity contribution in [2.75, 3.05) is 20.6 Å². The van der Waals surface area contributed by atoms with E-state index in [2.05, 4.69) is 70.7 Å². The predicted octanol–water partition coefficient (Wildman–Crippen LogP) is 3.60. The highest BCUT2D eigenvalue weighted by Gasteiger charge is 2.20. The molecule has 3 rings (SSSR count). The van der Waals surface area contributed by atoms with Crippen molar-refractivity contribution in [3.05, 3.63) is 57.8 Å². The van der Waals surface area contributed by atoms with Crippen LogP contribution in [-0.2, 0) is 12.8 Å². The van der Waals surface area contributed by atoms with Crippen LogP contribution in [0, 0.1) is 0 Å². The molecule has 0 fully saturated rings. The summed E-state index contributed by atoms with van der Waals surface area (Å²) in [6.45, 7) is 0.674. The number of urea groups is 1. The highest BCUT2D eigenvalue weighted by Crippen LogP contribution is 2.24. The molecule has 134 valence electrons. The number of carbonyl (C=O) groups is 1. The third-order valence-electron chi connectivity index (χ3n) is 4.94. The minimum Gasteiger partial charge on any atom is -0.338 e. The fourth-order valence-electron chi connectivity index (χ4n) is 3.57. The van der Waals surface area contributed by atoms with Gasteiger partial charge in [-0.3, -0.25) is 0 Å². The Morgan fingerprint density at radius 1 is 1.28 bits per heavy atom. The zero-order valence-electron chi connectivity index (χ0n) is 15.0. The van der Waals surface area contributed by atoms with Gasteiger partial charge in [-0.15, -0.1) is 0 Å². The van der Waals surface area contributed by atoms with Gasteiger partial charge in [0.2, 0.25) is 0 Å². The summed E-state index contributed by atoms with van der Waals surface area (Å²) in [4.78, 5) is 14.4. The molecule has 1 aliphatic carbocycles. The average molecular weight is 358 g/mol. The summed E-state index contributed by atoms with van der Waals surface area (Å²) in [5, 5.41) is 10.5. The summed E-state index contributed by atoms with van der Waals surface area (Å²) in [5.41, 5.74) is 4.11. The third-order valence-corrected chi connectivity index (χ3v) is 5.64. The van der Waals surface area contributed by atoms with Crippen molar-refractivity contribution in [1.82, 2.24) is 15.5 Å². The molecule has 5 heteroatoms. The van der Waals surface area contributed by atoms with Crippen LogP contribution in [-0.4, -0.2) is 37.6 Å². The van der Waals surface area contributed by atoms with E-state index in [0.717, 1.165) is 25.7 Å². The van der Waals surface area contributed by atoms with Crippen LogP contribution >= 0.6 is 11.3 Å². The number of nitrogens with one attached hydrogen (secondary N) is 2. The zero-order chi connectivity index (χ0) is 17.6. The summed E-state index contributed by atoms with van der Waals surface area (Å²) in [6, 6.07) is 11.2. The van der Waals surface area contributed by atoms with E-state index in [4.69, 9.17) is 0 Å². The van der Waals surface area contributed by atoms with E-state index in [1.807, 2.05) is 0 Å². The maximum absolute atomic E-state index is 12.2. The zero-order valence-corrected chi connectivity index (χ0v) is 15.8. The van der Waals surface area contributed by atoms with Crippen LogP contribution in [0.25, 0.3) is 0 Å². The predicted molar refractivity (Wildman–Crippen MR) is 104 cm³/mol. The van der Waals surface area contributed by atoms with Crippen LogP contribution in [0.3, 0.4) is 0 Å². The lowest BCUT2D eigenvalue weighted by Crippen LogP contribution is -2.45. The second kappa shape index (κ2) is 8.50. The smallest absolute Gasteiger partial charge is 0.315 e. The van der Waals surface area contributed by atoms with Gasteiger partial charge < -0.3 is 15.5 Å². The van der Waals surface area contributed by atoms with Crippen LogP contribution in [0.15, 0.2) is 41.1 Å². The number of rotatable bonds is 6. The van der Waals surface area contributed by atoms with Crippen LogP contribution in [0.2, 0.25) is 0 Å². The van der Waals surface area contributed by atoms with Crippen LogP contribution in [0.5, 0.6) is 0 Å². The van der Waals surface area contributed by atoms with E-state index in [-0.39, 0.29) is 12.1 Å². The minimum absolute atomic E-state index is 0.0489. The summed E-state index contributed by atoms with van der Waals surface area (Å²) in [7, 11) is 4.17. The summed E-state index contributed by atoms with van der Waals surface area (Å²) >= 11 is 1.72. The molecular formula is C20H27N3OS. The molecule has 1 aliphatic rings. The van der Waals surface area contributed by atoms with Crippen molar-refractivity contribution in [3.63, 3.8) is 0 Å². The van der Waals surface area contributed by atoms with Crippen molar-refractivity contribution < 1.29 is 4.79 Å². The standard InChI is InChI=1S/C20H27N3OS/c1-23(2)19(17-10-12-25-14-17)9-11-21-20(24)22-18-8-7-15-5-3-4-6-16(15)13-18/h3-6,10,12,14,18-19H,7-9,11,13H2,1-2H3,(H2,21,22,24)/t18-,19?/m1/s1. The topological polar surface area (TPSA) is 44.4 Å². The molecular weight excluding hydrogens is 330 g/mol. The maximum Gasteiger partial charge on any atom is 0.315 e. The number of amides is 2. The van der Waals surface area contributed by atoms with Gasteiger partial charge in [0.25, 0.3) is 0 Å². The summed E-state index contributed by atoms with van der Waals surface area (Å²) in [5.74, 6) is 0. The van der Waals surface area contributed by atoms with Crippen LogP contribution in [0.4, 0.5) is 4.79 Å². The number of hydrogen-bond donors (Lipinski definition) is 2. The van der Waals surface area contributed by atoms with Gasteiger partial charge in [-0.2, -0.15) is 11.3 Å². The Balaban J connectivity index is 1.44. The lowest BCUT2D eigenvalue weighted by Gasteiger charge is -2.26. The summed E-state index contributed by atoms with van der Waals surface area (Å²) in [6.07, 6.45) is 3.89. The van der Waals surface area contributed by atoms with E-state index in [1.165, 1.54) is 16.7 Å². The molecule has 1 heterocycles. The minimum atomic E-state index is -0.0489. The Labute approximate surface area is 154 Å². The number of nitrogens with zero attached hydrogens (tertiary/aromatic N) is 1. The monoisotopic (exact) mass is 357 g/mol. The quantitative estimate of drug-likeness (QED) is 0.830. The van der Waals surface area contributed by atoms with E-state index in [1.54, 1.807) is 11.3 Å². The van der Waals surface area contributed by atoms with Gasteiger partial charge in [-0.05, 0) is 73.3 Å². The van der Waals surface area contributed by atoms with E-state index >= 15 is 0 Å². The molecule has 2 amide bonds. The molecule has 25 heavy (non-hydrogen) atoms. The number of benzene rings is 1. The second-order valence-corrected chi connectivity index (χ2v) is 7.71. The van der Waals surface area contributed by atoms with Crippen LogP contribution < -0.4 is 10.6 Å². The molecule has 4 nitrogen and oxygen atoms in total. The Bertz CT molecular complexity index is 684. The van der Waals surface area contributed by atoms with Gasteiger partial charge in [0.15, 0.2) is 0 Å². The molecule has 0 radical (unpaired) electrons. The molecule has 1 aromatic heterocycles. The average Bonchev–Trinajstić information content (AvgIpc) is 3.12. The molecule has 0 aliphatic heterocycles. The molecule has 1 aromatic carbocycles. The molecule has 0 saturated heterocycles. The highest BCUT2D eigenvalue weighted by molar-refractivity contribution is 7.07. The Morgan fingerprint density at radius 3 is 2.80 bits per heavy atom. The maximum atomic E-state index is 12.2. The molecule has 2 atom stereocenters. The van der Waals surface area contributed by atoms with Crippen molar-refractivity contribution in [2.45, 2.75) is 37.8 Å². The number of fused-ring (bicyclic) bond motifs is 1. The van der Waals surface area contributed by atoms with Crippen LogP contribution in [0.1, 0.15) is 35.6 Å². The van der Waals surface area contributed by atoms with Gasteiger partial charge in [0, 0.05) is 18.6 Å². The fourth-order valence-corrected chi connectivity index (χ4v) is 4.27. The first-order valence-electron chi connectivity index (χ1n) is 8.93. The Hall–Kier alpha value is -1.85. The SMILES string of the molecule is CN(C)C(CCNC(=O)N[C@@H]1CCc2ccccc2C1)c1ccsc1. The molecule has 0 spiro atoms. The highest BCUT2D eigenvalue weighted by atomic mass is 32.1. The van der Waals surface area contributed by atoms with Crippen molar-refractivity contribution in [1.29, 1.82) is 0 Å². The Morgan fingerprint density at radius 2 is 2.08 bits per heavy atom. The van der Waals surface area contributed by atoms with Gasteiger partial charge in [-0.1, -0.05) is 24.3 Å². The molecule has 0 bridgehead atoms. The first-order valence-corrected chi connectivity index (χ1v) is 9.87. The number of aryl methyl sites for hydroxylation is 1. The number of hydrogen-bond acceptors (Lipinski definition) is 3. The van der Waals surface area contributed by atoms with Crippen molar-refractivity contribution >= 4 is 17.4 Å². The van der Waals surface area contributed by atoms with Gasteiger partial charge in [0.05, 0.1) is 0 Å². The van der Waals surface area contributed by atoms with Crippen molar-refractivity contribution in [2.24, 2.45) is 0 Å². The summed E-state index contributed by atoms with van der Waals surface area (Å²) < 4.78 is 0. The lowest BCUT2D eigenvalue weighted by atomic mass is 9.88. The first-order chi connectivity index (χ1) is 12.1. The molecule has 0 saturated carbocycles. The van der Waals surface area contributed by atoms with Gasteiger partial charge >= 0.3 is 6.03 Å². The largest absolute Gasteiger partial charge is 0.338 e. The second-order valence-electron chi connectivity index (χ2n) is 6.93. The lowest BCUT2D eigenvalue weighted by molar-refractivity contribution is 0.232. The first kappa shape index (κ1) is 18.0. The normalized spacial score (nSPS) is 17.8. The van der Waals surface area contributed by atoms with Gasteiger partial charge in [0.1, 0.15) is 0 Å². The van der Waals surface area contributed by atoms with E-state index in [9.17, 15) is 4.79 Å². The third kappa shape index (κ3) is 4.83. The number of carbonyl (C=O) groups excluding carboxylic acids is 1. The number of thiophene rings is 1. The van der Waals surface area contributed by atoms with E-state index in [0.29, 0.717) is 12.6 Å². The Kier molecular flexibility index (Phi) is 6.10. The van der Waals surface area contributed by atoms with E-state index < -0.39 is 0 Å². The molecule has 2 N–H and O–H groups in total. The van der Waals surface area contributed by atoms with Gasteiger partial charge in [-0.25, -0.2) is 4.79 Å². The molecule has 1 unspecified atom stereocenters. The fraction of sp³-hybridized carbons (Fsp3) is 0.450. The molecule has 2 aromatic rings. The van der Waals surface area contributed by atoms with Crippen molar-refractivity contribution in [3.8, 4) is 0 Å².